The molecule has 2 heterocycles. The van der Waals surface area contributed by atoms with Gasteiger partial charge in [0.05, 0.1) is 5.52 Å². The lowest BCUT2D eigenvalue weighted by atomic mass is 9.87. The normalized spacial score (nSPS) is 11.5. The second-order valence-electron chi connectivity index (χ2n) is 8.75. The Bertz CT molecular complexity index is 1790. The molecule has 0 aliphatic heterocycles. The van der Waals surface area contributed by atoms with Crippen LogP contribution in [0.3, 0.4) is 0 Å². The Balaban J connectivity index is 1.71. The summed E-state index contributed by atoms with van der Waals surface area (Å²) < 4.78 is 0. The highest BCUT2D eigenvalue weighted by atomic mass is 14.7. The van der Waals surface area contributed by atoms with E-state index in [9.17, 15) is 0 Å². The first-order valence-corrected chi connectivity index (χ1v) is 11.6. The molecule has 2 aromatic heterocycles. The maximum absolute atomic E-state index is 3.81. The van der Waals surface area contributed by atoms with Gasteiger partial charge in [-0.1, -0.05) is 97.1 Å². The molecule has 2 nitrogen and oxygen atoms in total. The summed E-state index contributed by atoms with van der Waals surface area (Å²) in [5.74, 6) is 0. The van der Waals surface area contributed by atoms with Crippen LogP contribution < -0.4 is 0 Å². The van der Waals surface area contributed by atoms with E-state index in [1.807, 2.05) is 0 Å². The van der Waals surface area contributed by atoms with Crippen LogP contribution >= 0.6 is 0 Å². The SMILES string of the molecule is c1ccc(-c2cc(-c3ccccc3)c3c([nH]c4ccccc43)c2-c2c[nH]c3ccccc23)cc1. The first-order chi connectivity index (χ1) is 16.9. The monoisotopic (exact) mass is 434 g/mol. The van der Waals surface area contributed by atoms with Crippen LogP contribution in [0.4, 0.5) is 0 Å². The molecule has 5 aromatic carbocycles. The minimum absolute atomic E-state index is 1.15. The van der Waals surface area contributed by atoms with Crippen molar-refractivity contribution < 1.29 is 0 Å². The minimum Gasteiger partial charge on any atom is -0.361 e. The largest absolute Gasteiger partial charge is 0.361 e. The number of para-hydroxylation sites is 2. The molecule has 34 heavy (non-hydrogen) atoms. The number of hydrogen-bond donors (Lipinski definition) is 2. The molecule has 160 valence electrons. The topological polar surface area (TPSA) is 31.6 Å². The van der Waals surface area contributed by atoms with Crippen molar-refractivity contribution in [2.24, 2.45) is 0 Å². The molecular weight excluding hydrogens is 412 g/mol. The van der Waals surface area contributed by atoms with Crippen molar-refractivity contribution in [2.45, 2.75) is 0 Å². The number of benzene rings is 5. The van der Waals surface area contributed by atoms with E-state index in [1.54, 1.807) is 0 Å². The van der Waals surface area contributed by atoms with Crippen molar-refractivity contribution in [1.82, 2.24) is 9.97 Å². The highest BCUT2D eigenvalue weighted by Gasteiger charge is 2.21. The molecule has 0 saturated heterocycles. The molecule has 2 N–H and O–H groups in total. The van der Waals surface area contributed by atoms with Crippen molar-refractivity contribution in [2.75, 3.05) is 0 Å². The number of aromatic nitrogens is 2. The van der Waals surface area contributed by atoms with Crippen molar-refractivity contribution in [1.29, 1.82) is 0 Å². The second kappa shape index (κ2) is 7.50. The van der Waals surface area contributed by atoms with Crippen LogP contribution in [-0.2, 0) is 0 Å². The quantitative estimate of drug-likeness (QED) is 0.278. The third kappa shape index (κ3) is 2.82. The average Bonchev–Trinajstić information content (AvgIpc) is 3.51. The molecule has 0 radical (unpaired) electrons. The lowest BCUT2D eigenvalue weighted by Crippen LogP contribution is -1.90. The van der Waals surface area contributed by atoms with Crippen molar-refractivity contribution >= 4 is 32.7 Å². The summed E-state index contributed by atoms with van der Waals surface area (Å²) in [6.45, 7) is 0. The number of nitrogens with one attached hydrogen (secondary N) is 2. The second-order valence-corrected chi connectivity index (χ2v) is 8.75. The summed E-state index contributed by atoms with van der Waals surface area (Å²) >= 11 is 0. The van der Waals surface area contributed by atoms with Crippen LogP contribution in [0.1, 0.15) is 0 Å². The third-order valence-electron chi connectivity index (χ3n) is 6.81. The smallest absolute Gasteiger partial charge is 0.0557 e. The first kappa shape index (κ1) is 19.0. The number of aromatic amines is 2. The standard InChI is InChI=1S/C32H22N2/c1-3-11-21(12-4-1)25-19-26(22-13-5-2-6-14-22)31(27-20-33-28-17-9-7-15-23(27)28)32-30(25)24-16-8-10-18-29(24)34-32/h1-20,33-34H. The zero-order valence-corrected chi connectivity index (χ0v) is 18.5. The van der Waals surface area contributed by atoms with Crippen molar-refractivity contribution in [3.63, 3.8) is 0 Å². The van der Waals surface area contributed by atoms with Gasteiger partial charge in [0.15, 0.2) is 0 Å². The molecule has 0 saturated carbocycles. The minimum atomic E-state index is 1.15. The van der Waals surface area contributed by atoms with Gasteiger partial charge in [-0.25, -0.2) is 0 Å². The Kier molecular flexibility index (Phi) is 4.18. The van der Waals surface area contributed by atoms with Gasteiger partial charge < -0.3 is 9.97 Å². The number of hydrogen-bond acceptors (Lipinski definition) is 0. The van der Waals surface area contributed by atoms with Crippen LogP contribution in [0.5, 0.6) is 0 Å². The molecule has 0 amide bonds. The van der Waals surface area contributed by atoms with Crippen LogP contribution in [-0.4, -0.2) is 9.97 Å². The van der Waals surface area contributed by atoms with Gasteiger partial charge in [0.25, 0.3) is 0 Å². The molecular formula is C32H22N2. The Morgan fingerprint density at radius 1 is 0.471 bits per heavy atom. The van der Waals surface area contributed by atoms with Gasteiger partial charge in [-0.15, -0.1) is 0 Å². The fraction of sp³-hybridized carbons (Fsp3) is 0. The van der Waals surface area contributed by atoms with Crippen LogP contribution in [0.25, 0.3) is 66.1 Å². The third-order valence-corrected chi connectivity index (χ3v) is 6.81. The summed E-state index contributed by atoms with van der Waals surface area (Å²) in [4.78, 5) is 7.30. The van der Waals surface area contributed by atoms with Gasteiger partial charge in [0.2, 0.25) is 0 Å². The molecule has 2 heteroatoms. The molecule has 0 bridgehead atoms. The predicted molar refractivity (Wildman–Crippen MR) is 144 cm³/mol. The molecule has 7 aromatic rings. The van der Waals surface area contributed by atoms with Gasteiger partial charge in [-0.3, -0.25) is 0 Å². The van der Waals surface area contributed by atoms with E-state index in [2.05, 4.69) is 131 Å². The van der Waals surface area contributed by atoms with E-state index in [1.165, 1.54) is 55.1 Å². The highest BCUT2D eigenvalue weighted by molar-refractivity contribution is 6.22. The summed E-state index contributed by atoms with van der Waals surface area (Å²) in [7, 11) is 0. The Hall–Kier alpha value is -4.56. The molecule has 0 aliphatic carbocycles. The summed E-state index contributed by atoms with van der Waals surface area (Å²) in [5, 5.41) is 3.74. The van der Waals surface area contributed by atoms with Crippen LogP contribution in [0.15, 0.2) is 121 Å². The predicted octanol–water partition coefficient (Wildman–Crippen LogP) is 8.80. The van der Waals surface area contributed by atoms with Crippen LogP contribution in [0.2, 0.25) is 0 Å². The lowest BCUT2D eigenvalue weighted by molar-refractivity contribution is 1.47. The molecule has 7 rings (SSSR count). The zero-order valence-electron chi connectivity index (χ0n) is 18.5. The van der Waals surface area contributed by atoms with E-state index in [0.717, 1.165) is 11.0 Å². The van der Waals surface area contributed by atoms with E-state index in [0.29, 0.717) is 0 Å². The van der Waals surface area contributed by atoms with E-state index in [4.69, 9.17) is 0 Å². The van der Waals surface area contributed by atoms with Crippen LogP contribution in [0, 0.1) is 0 Å². The maximum atomic E-state index is 3.81. The highest BCUT2D eigenvalue weighted by Crippen LogP contribution is 2.46. The van der Waals surface area contributed by atoms with E-state index >= 15 is 0 Å². The van der Waals surface area contributed by atoms with Gasteiger partial charge in [0, 0.05) is 44.5 Å². The van der Waals surface area contributed by atoms with Gasteiger partial charge in [-0.2, -0.15) is 0 Å². The van der Waals surface area contributed by atoms with E-state index < -0.39 is 0 Å². The number of fused-ring (bicyclic) bond motifs is 4. The lowest BCUT2D eigenvalue weighted by Gasteiger charge is -2.16. The Labute approximate surface area is 197 Å². The summed E-state index contributed by atoms with van der Waals surface area (Å²) in [5.41, 5.74) is 10.8. The zero-order chi connectivity index (χ0) is 22.5. The molecule has 0 aliphatic rings. The maximum Gasteiger partial charge on any atom is 0.0557 e. The summed E-state index contributed by atoms with van der Waals surface area (Å²) in [6, 6.07) is 41.0. The molecule has 0 unspecified atom stereocenters. The van der Waals surface area contributed by atoms with Gasteiger partial charge in [0.1, 0.15) is 0 Å². The Morgan fingerprint density at radius 3 is 1.79 bits per heavy atom. The number of H-pyrrole nitrogens is 2. The molecule has 0 fully saturated rings. The fourth-order valence-electron chi connectivity index (χ4n) is 5.28. The van der Waals surface area contributed by atoms with Crippen molar-refractivity contribution in [3.8, 4) is 33.4 Å². The Morgan fingerprint density at radius 2 is 1.06 bits per heavy atom. The van der Waals surface area contributed by atoms with Crippen molar-refractivity contribution in [3.05, 3.63) is 121 Å². The van der Waals surface area contributed by atoms with Gasteiger partial charge in [-0.05, 0) is 40.5 Å². The molecule has 0 spiro atoms. The van der Waals surface area contributed by atoms with E-state index in [-0.39, 0.29) is 0 Å². The molecule has 0 atom stereocenters. The first-order valence-electron chi connectivity index (χ1n) is 11.6. The number of rotatable bonds is 3. The average molecular weight is 435 g/mol. The van der Waals surface area contributed by atoms with Gasteiger partial charge >= 0.3 is 0 Å². The fourth-order valence-corrected chi connectivity index (χ4v) is 5.28. The summed E-state index contributed by atoms with van der Waals surface area (Å²) in [6.07, 6.45) is 2.15.